The van der Waals surface area contributed by atoms with E-state index in [1.54, 1.807) is 13.8 Å². The van der Waals surface area contributed by atoms with Crippen molar-refractivity contribution in [2.24, 2.45) is 4.99 Å². The van der Waals surface area contributed by atoms with Gasteiger partial charge in [0.2, 0.25) is 5.90 Å². The van der Waals surface area contributed by atoms with E-state index in [4.69, 9.17) is 27.9 Å². The lowest BCUT2D eigenvalue weighted by atomic mass is 10.2. The highest BCUT2D eigenvalue weighted by Gasteiger charge is 2.32. The summed E-state index contributed by atoms with van der Waals surface area (Å²) < 4.78 is 43.8. The normalized spacial score (nSPS) is 12.8. The fourth-order valence-corrected chi connectivity index (χ4v) is 2.36. The van der Waals surface area contributed by atoms with Crippen molar-refractivity contribution >= 4 is 35.1 Å². The second kappa shape index (κ2) is 9.68. The average molecular weight is 412 g/mol. The van der Waals surface area contributed by atoms with Gasteiger partial charge in [-0.25, -0.2) is 4.79 Å². The number of alkyl halides is 3. The van der Waals surface area contributed by atoms with Gasteiger partial charge < -0.3 is 15.4 Å². The van der Waals surface area contributed by atoms with E-state index in [9.17, 15) is 18.0 Å². The number of carbonyl (C=O) groups excluding carboxylic acids is 1. The molecule has 0 aliphatic carbocycles. The predicted molar refractivity (Wildman–Crippen MR) is 96.0 cm³/mol. The maximum absolute atomic E-state index is 12.8. The Balaban J connectivity index is 3.08. The number of nitrogens with one attached hydrogen (secondary N) is 2. The Bertz CT molecular complexity index is 696. The van der Waals surface area contributed by atoms with E-state index in [-0.39, 0.29) is 21.7 Å². The van der Waals surface area contributed by atoms with Crippen LogP contribution in [-0.4, -0.2) is 25.5 Å². The summed E-state index contributed by atoms with van der Waals surface area (Å²) in [5.74, 6) is -0.145. The summed E-state index contributed by atoms with van der Waals surface area (Å²) in [6, 6.07) is 1.03. The highest BCUT2D eigenvalue weighted by atomic mass is 35.5. The molecule has 0 saturated heterocycles. The van der Waals surface area contributed by atoms with Crippen molar-refractivity contribution in [1.29, 1.82) is 0 Å². The van der Waals surface area contributed by atoms with Gasteiger partial charge >= 0.3 is 12.2 Å². The molecule has 2 amide bonds. The summed E-state index contributed by atoms with van der Waals surface area (Å²) in [4.78, 5) is 15.5. The maximum atomic E-state index is 12.8. The SMILES string of the molecule is CCNC(=O)N/C(=C\C(=NC)Oc1c(Cl)cc(C(F)(F)F)cc1Cl)CC. The molecule has 5 nitrogen and oxygen atoms in total. The molecule has 0 bridgehead atoms. The van der Waals surface area contributed by atoms with Crippen LogP contribution in [0.3, 0.4) is 0 Å². The van der Waals surface area contributed by atoms with Crippen LogP contribution in [0.2, 0.25) is 10.0 Å². The summed E-state index contributed by atoms with van der Waals surface area (Å²) in [6.07, 6.45) is -2.70. The summed E-state index contributed by atoms with van der Waals surface area (Å²) in [5.41, 5.74) is -0.506. The van der Waals surface area contributed by atoms with E-state index in [0.717, 1.165) is 0 Å². The Morgan fingerprint density at radius 1 is 1.27 bits per heavy atom. The smallest absolute Gasteiger partial charge is 0.416 e. The quantitative estimate of drug-likeness (QED) is 0.526. The van der Waals surface area contributed by atoms with Crippen LogP contribution in [0.4, 0.5) is 18.0 Å². The molecule has 0 aliphatic rings. The molecule has 0 aromatic heterocycles. The first-order valence-electron chi connectivity index (χ1n) is 7.58. The van der Waals surface area contributed by atoms with Crippen LogP contribution in [0, 0.1) is 0 Å². The molecule has 10 heteroatoms. The largest absolute Gasteiger partial charge is 0.436 e. The monoisotopic (exact) mass is 411 g/mol. The number of halogens is 5. The van der Waals surface area contributed by atoms with Crippen LogP contribution in [0.15, 0.2) is 28.9 Å². The highest BCUT2D eigenvalue weighted by molar-refractivity contribution is 6.37. The molecule has 0 spiro atoms. The lowest BCUT2D eigenvalue weighted by molar-refractivity contribution is -0.137. The number of aliphatic imine (C=N–C) groups is 1. The van der Waals surface area contributed by atoms with Gasteiger partial charge in [-0.05, 0) is 25.5 Å². The van der Waals surface area contributed by atoms with Crippen LogP contribution in [0.5, 0.6) is 5.75 Å². The third-order valence-corrected chi connectivity index (χ3v) is 3.60. The van der Waals surface area contributed by atoms with Crippen molar-refractivity contribution in [2.45, 2.75) is 26.4 Å². The molecule has 1 aromatic carbocycles. The topological polar surface area (TPSA) is 62.7 Å². The van der Waals surface area contributed by atoms with Crippen molar-refractivity contribution in [3.63, 3.8) is 0 Å². The summed E-state index contributed by atoms with van der Waals surface area (Å²) in [6.45, 7) is 4.01. The van der Waals surface area contributed by atoms with Crippen molar-refractivity contribution < 1.29 is 22.7 Å². The first kappa shape index (κ1) is 22.1. The zero-order chi connectivity index (χ0) is 19.9. The Morgan fingerprint density at radius 2 is 1.85 bits per heavy atom. The third-order valence-electron chi connectivity index (χ3n) is 3.04. The maximum Gasteiger partial charge on any atom is 0.416 e. The number of ether oxygens (including phenoxy) is 1. The number of hydrogen-bond donors (Lipinski definition) is 2. The zero-order valence-corrected chi connectivity index (χ0v) is 15.8. The minimum Gasteiger partial charge on any atom is -0.436 e. The lowest BCUT2D eigenvalue weighted by Crippen LogP contribution is -2.34. The van der Waals surface area contributed by atoms with Crippen molar-refractivity contribution in [3.8, 4) is 5.75 Å². The molecule has 0 saturated carbocycles. The van der Waals surface area contributed by atoms with E-state index >= 15 is 0 Å². The Kier molecular flexibility index (Phi) is 8.23. The molecule has 0 radical (unpaired) electrons. The molecule has 0 fully saturated rings. The number of rotatable bonds is 5. The Hall–Kier alpha value is -1.93. The van der Waals surface area contributed by atoms with E-state index in [2.05, 4.69) is 15.6 Å². The van der Waals surface area contributed by atoms with Gasteiger partial charge in [-0.1, -0.05) is 30.1 Å². The first-order chi connectivity index (χ1) is 12.1. The van der Waals surface area contributed by atoms with E-state index in [1.165, 1.54) is 13.1 Å². The second-order valence-electron chi connectivity index (χ2n) is 4.94. The van der Waals surface area contributed by atoms with Crippen molar-refractivity contribution in [1.82, 2.24) is 10.6 Å². The average Bonchev–Trinajstić information content (AvgIpc) is 2.55. The third kappa shape index (κ3) is 6.42. The highest BCUT2D eigenvalue weighted by Crippen LogP contribution is 2.40. The number of urea groups is 1. The molecule has 144 valence electrons. The minimum atomic E-state index is -4.58. The second-order valence-corrected chi connectivity index (χ2v) is 5.75. The van der Waals surface area contributed by atoms with Crippen LogP contribution in [0.1, 0.15) is 25.8 Å². The molecule has 1 aromatic rings. The molecule has 2 N–H and O–H groups in total. The Labute approximate surface area is 159 Å². The van der Waals surface area contributed by atoms with Gasteiger partial charge in [-0.3, -0.25) is 4.99 Å². The fraction of sp³-hybridized carbons (Fsp3) is 0.375. The summed E-state index contributed by atoms with van der Waals surface area (Å²) >= 11 is 11.7. The van der Waals surface area contributed by atoms with Crippen molar-refractivity contribution in [3.05, 3.63) is 39.5 Å². The van der Waals surface area contributed by atoms with Crippen LogP contribution < -0.4 is 15.4 Å². The van der Waals surface area contributed by atoms with Gasteiger partial charge in [0.15, 0.2) is 5.75 Å². The number of allylic oxidation sites excluding steroid dienone is 1. The molecular weight excluding hydrogens is 394 g/mol. The number of nitrogens with zero attached hydrogens (tertiary/aromatic N) is 1. The number of carbonyl (C=O) groups is 1. The number of benzene rings is 1. The first-order valence-corrected chi connectivity index (χ1v) is 8.34. The summed E-state index contributed by atoms with van der Waals surface area (Å²) in [7, 11) is 1.41. The van der Waals surface area contributed by atoms with Gasteiger partial charge in [-0.15, -0.1) is 0 Å². The zero-order valence-electron chi connectivity index (χ0n) is 14.3. The van der Waals surface area contributed by atoms with E-state index in [0.29, 0.717) is 30.8 Å². The number of amides is 2. The Morgan fingerprint density at radius 3 is 2.27 bits per heavy atom. The van der Waals surface area contributed by atoms with Gasteiger partial charge in [0, 0.05) is 25.4 Å². The minimum absolute atomic E-state index is 0.0159. The molecule has 0 unspecified atom stereocenters. The van der Waals surface area contributed by atoms with E-state index in [1.807, 2.05) is 0 Å². The fourth-order valence-electron chi connectivity index (χ4n) is 1.79. The van der Waals surface area contributed by atoms with E-state index < -0.39 is 17.8 Å². The molecule has 1 rings (SSSR count). The van der Waals surface area contributed by atoms with Crippen LogP contribution >= 0.6 is 23.2 Å². The van der Waals surface area contributed by atoms with Gasteiger partial charge in [0.25, 0.3) is 0 Å². The van der Waals surface area contributed by atoms with Gasteiger partial charge in [0.05, 0.1) is 15.6 Å². The van der Waals surface area contributed by atoms with Gasteiger partial charge in [-0.2, -0.15) is 13.2 Å². The molecular formula is C16H18Cl2F3N3O2. The molecule has 0 aliphatic heterocycles. The predicted octanol–water partition coefficient (Wildman–Crippen LogP) is 5.03. The van der Waals surface area contributed by atoms with Crippen LogP contribution in [0.25, 0.3) is 0 Å². The lowest BCUT2D eigenvalue weighted by Gasteiger charge is -2.14. The van der Waals surface area contributed by atoms with Crippen LogP contribution in [-0.2, 0) is 6.18 Å². The summed E-state index contributed by atoms with van der Waals surface area (Å²) in [5, 5.41) is 4.56. The van der Waals surface area contributed by atoms with Gasteiger partial charge in [0.1, 0.15) is 0 Å². The number of hydrogen-bond acceptors (Lipinski definition) is 3. The molecule has 0 heterocycles. The van der Waals surface area contributed by atoms with Crippen molar-refractivity contribution in [2.75, 3.05) is 13.6 Å². The standard InChI is InChI=1S/C16H18Cl2F3N3O2/c1-4-10(24-15(25)23-5-2)8-13(22-3)26-14-11(17)6-9(7-12(14)18)16(19,20)21/h6-8H,4-5H2,1-3H3,(H2,23,24,25)/b10-8-,22-13?. The molecule has 26 heavy (non-hydrogen) atoms. The molecule has 0 atom stereocenters.